The third-order valence-corrected chi connectivity index (χ3v) is 4.56. The number of carbonyl (C=O) groups excluding carboxylic acids is 1. The summed E-state index contributed by atoms with van der Waals surface area (Å²) in [6.07, 6.45) is 0. The molecule has 6 heteroatoms. The molecule has 0 saturated carbocycles. The molecule has 1 fully saturated rings. The normalized spacial score (nSPS) is 21.8. The van der Waals surface area contributed by atoms with Crippen LogP contribution in [-0.4, -0.2) is 45.7 Å². The van der Waals surface area contributed by atoms with Crippen LogP contribution in [0.25, 0.3) is 0 Å². The van der Waals surface area contributed by atoms with E-state index >= 15 is 0 Å². The van der Waals surface area contributed by atoms with Gasteiger partial charge in [0, 0.05) is 18.0 Å². The van der Waals surface area contributed by atoms with Crippen LogP contribution in [0, 0.1) is 0 Å². The van der Waals surface area contributed by atoms with Crippen molar-refractivity contribution in [2.24, 2.45) is 0 Å². The first-order chi connectivity index (χ1) is 9.56. The van der Waals surface area contributed by atoms with E-state index in [0.29, 0.717) is 12.3 Å². The lowest BCUT2D eigenvalue weighted by Crippen LogP contribution is -2.51. The maximum Gasteiger partial charge on any atom is 0.327 e. The molecule has 108 valence electrons. The predicted octanol–water partition coefficient (Wildman–Crippen LogP) is 2.48. The Labute approximate surface area is 122 Å². The molecule has 1 aliphatic heterocycles. The average Bonchev–Trinajstić information content (AvgIpc) is 2.82. The molecule has 0 aromatic heterocycles. The van der Waals surface area contributed by atoms with Gasteiger partial charge in [-0.15, -0.1) is 11.8 Å². The number of anilines is 1. The largest absolute Gasteiger partial charge is 0.480 e. The van der Waals surface area contributed by atoms with Crippen LogP contribution < -0.4 is 4.90 Å². The topological polar surface area (TPSA) is 60.9 Å². The first-order valence-corrected chi connectivity index (χ1v) is 7.60. The summed E-state index contributed by atoms with van der Waals surface area (Å²) in [5.41, 5.74) is 0.785. The molecule has 0 radical (unpaired) electrons. The van der Waals surface area contributed by atoms with E-state index < -0.39 is 12.0 Å². The molecule has 20 heavy (non-hydrogen) atoms. The minimum atomic E-state index is -0.945. The number of amides is 2. The second-order valence-corrected chi connectivity index (χ2v) is 5.91. The molecule has 0 spiro atoms. The average molecular weight is 294 g/mol. The summed E-state index contributed by atoms with van der Waals surface area (Å²) in [7, 11) is 0. The molecule has 2 rings (SSSR count). The van der Waals surface area contributed by atoms with Gasteiger partial charge in [-0.25, -0.2) is 9.59 Å². The lowest BCUT2D eigenvalue weighted by molar-refractivity contribution is -0.141. The Balaban J connectivity index is 2.26. The fourth-order valence-electron chi connectivity index (χ4n) is 2.30. The molecule has 1 aliphatic rings. The standard InChI is InChI=1S/C14H18N2O3S/c1-3-15(11-7-5-4-6-8-11)14(19)16-10(2)20-9-12(16)13(17)18/h4-8,10,12H,3,9H2,1-2H3,(H,17,18). The van der Waals surface area contributed by atoms with Gasteiger partial charge < -0.3 is 5.11 Å². The number of benzene rings is 1. The van der Waals surface area contributed by atoms with Crippen molar-refractivity contribution in [3.63, 3.8) is 0 Å². The van der Waals surface area contributed by atoms with E-state index in [-0.39, 0.29) is 11.4 Å². The Bertz CT molecular complexity index is 494. The number of carbonyl (C=O) groups is 2. The highest BCUT2D eigenvalue weighted by molar-refractivity contribution is 8.00. The zero-order valence-electron chi connectivity index (χ0n) is 11.5. The minimum Gasteiger partial charge on any atom is -0.480 e. The van der Waals surface area contributed by atoms with Gasteiger partial charge in [0.25, 0.3) is 0 Å². The van der Waals surface area contributed by atoms with Crippen LogP contribution in [0.1, 0.15) is 13.8 Å². The highest BCUT2D eigenvalue weighted by Gasteiger charge is 2.41. The van der Waals surface area contributed by atoms with E-state index in [2.05, 4.69) is 0 Å². The van der Waals surface area contributed by atoms with Crippen LogP contribution in [0.2, 0.25) is 0 Å². The van der Waals surface area contributed by atoms with Gasteiger partial charge >= 0.3 is 12.0 Å². The van der Waals surface area contributed by atoms with Crippen LogP contribution in [0.5, 0.6) is 0 Å². The third kappa shape index (κ3) is 2.75. The first-order valence-electron chi connectivity index (χ1n) is 6.55. The fourth-order valence-corrected chi connectivity index (χ4v) is 3.46. The molecule has 0 aliphatic carbocycles. The number of hydrogen-bond donors (Lipinski definition) is 1. The number of nitrogens with zero attached hydrogens (tertiary/aromatic N) is 2. The number of rotatable bonds is 3. The first kappa shape index (κ1) is 14.7. The van der Waals surface area contributed by atoms with Gasteiger partial charge in [0.1, 0.15) is 6.04 Å². The fraction of sp³-hybridized carbons (Fsp3) is 0.429. The molecule has 2 unspecified atom stereocenters. The molecule has 1 heterocycles. The van der Waals surface area contributed by atoms with Crippen molar-refractivity contribution >= 4 is 29.4 Å². The van der Waals surface area contributed by atoms with E-state index in [1.807, 2.05) is 44.2 Å². The highest BCUT2D eigenvalue weighted by atomic mass is 32.2. The van der Waals surface area contributed by atoms with Gasteiger partial charge in [0.05, 0.1) is 5.37 Å². The van der Waals surface area contributed by atoms with Crippen molar-refractivity contribution in [3.05, 3.63) is 30.3 Å². The molecular weight excluding hydrogens is 276 g/mol. The van der Waals surface area contributed by atoms with Crippen molar-refractivity contribution < 1.29 is 14.7 Å². The van der Waals surface area contributed by atoms with Crippen molar-refractivity contribution in [2.45, 2.75) is 25.3 Å². The van der Waals surface area contributed by atoms with Crippen molar-refractivity contribution in [2.75, 3.05) is 17.2 Å². The number of hydrogen-bond acceptors (Lipinski definition) is 3. The van der Waals surface area contributed by atoms with Gasteiger partial charge in [0.2, 0.25) is 0 Å². The number of para-hydroxylation sites is 1. The van der Waals surface area contributed by atoms with Gasteiger partial charge in [-0.2, -0.15) is 0 Å². The van der Waals surface area contributed by atoms with Crippen LogP contribution in [0.15, 0.2) is 30.3 Å². The quantitative estimate of drug-likeness (QED) is 0.930. The summed E-state index contributed by atoms with van der Waals surface area (Å²) in [5.74, 6) is -0.506. The van der Waals surface area contributed by atoms with E-state index in [1.165, 1.54) is 16.7 Å². The molecule has 1 aromatic carbocycles. The summed E-state index contributed by atoms with van der Waals surface area (Å²) >= 11 is 1.49. The molecular formula is C14H18N2O3S. The van der Waals surface area contributed by atoms with Crippen molar-refractivity contribution in [3.8, 4) is 0 Å². The monoisotopic (exact) mass is 294 g/mol. The molecule has 2 amide bonds. The lowest BCUT2D eigenvalue weighted by atomic mass is 10.2. The molecule has 1 saturated heterocycles. The lowest BCUT2D eigenvalue weighted by Gasteiger charge is -2.31. The molecule has 1 aromatic rings. The summed E-state index contributed by atoms with van der Waals surface area (Å²) in [4.78, 5) is 27.0. The summed E-state index contributed by atoms with van der Waals surface area (Å²) in [6.45, 7) is 4.25. The van der Waals surface area contributed by atoms with Crippen molar-refractivity contribution in [1.82, 2.24) is 4.90 Å². The zero-order chi connectivity index (χ0) is 14.7. The van der Waals surface area contributed by atoms with E-state index in [0.717, 1.165) is 5.69 Å². The van der Waals surface area contributed by atoms with E-state index in [1.54, 1.807) is 4.90 Å². The van der Waals surface area contributed by atoms with Crippen LogP contribution in [0.3, 0.4) is 0 Å². The second kappa shape index (κ2) is 6.17. The summed E-state index contributed by atoms with van der Waals surface area (Å²) in [6, 6.07) is 8.32. The Morgan fingerprint density at radius 1 is 1.40 bits per heavy atom. The number of carboxylic acids is 1. The second-order valence-electron chi connectivity index (χ2n) is 4.56. The zero-order valence-corrected chi connectivity index (χ0v) is 12.3. The Morgan fingerprint density at radius 2 is 2.05 bits per heavy atom. The smallest absolute Gasteiger partial charge is 0.327 e. The van der Waals surface area contributed by atoms with E-state index in [9.17, 15) is 14.7 Å². The van der Waals surface area contributed by atoms with Crippen LogP contribution in [-0.2, 0) is 4.79 Å². The van der Waals surface area contributed by atoms with Gasteiger partial charge in [-0.1, -0.05) is 18.2 Å². The molecule has 2 atom stereocenters. The number of thioether (sulfide) groups is 1. The third-order valence-electron chi connectivity index (χ3n) is 3.34. The number of carboxylic acid groups (broad SMARTS) is 1. The maximum absolute atomic E-state index is 12.7. The van der Waals surface area contributed by atoms with Crippen molar-refractivity contribution in [1.29, 1.82) is 0 Å². The number of urea groups is 1. The Kier molecular flexibility index (Phi) is 4.54. The molecule has 1 N–H and O–H groups in total. The van der Waals surface area contributed by atoms with Gasteiger partial charge in [0.15, 0.2) is 0 Å². The maximum atomic E-state index is 12.7. The van der Waals surface area contributed by atoms with Gasteiger partial charge in [-0.3, -0.25) is 9.80 Å². The van der Waals surface area contributed by atoms with E-state index in [4.69, 9.17) is 0 Å². The Morgan fingerprint density at radius 3 is 2.60 bits per heavy atom. The summed E-state index contributed by atoms with van der Waals surface area (Å²) < 4.78 is 0. The SMILES string of the molecule is CCN(C(=O)N1C(C)SCC1C(=O)O)c1ccccc1. The Hall–Kier alpha value is -1.69. The highest BCUT2D eigenvalue weighted by Crippen LogP contribution is 2.31. The van der Waals surface area contributed by atoms with Crippen LogP contribution in [0.4, 0.5) is 10.5 Å². The molecule has 5 nitrogen and oxygen atoms in total. The van der Waals surface area contributed by atoms with Gasteiger partial charge in [-0.05, 0) is 26.0 Å². The minimum absolute atomic E-state index is 0.124. The molecule has 0 bridgehead atoms. The van der Waals surface area contributed by atoms with Crippen LogP contribution >= 0.6 is 11.8 Å². The summed E-state index contributed by atoms with van der Waals surface area (Å²) in [5, 5.41) is 9.13. The number of aliphatic carboxylic acids is 1. The predicted molar refractivity (Wildman–Crippen MR) is 80.0 cm³/mol.